The number of nitrogens with two attached hydrogens (primary N) is 2. The van der Waals surface area contributed by atoms with Gasteiger partial charge in [-0.05, 0) is 88.8 Å². The number of anilines is 3. The molecule has 1 saturated heterocycles. The summed E-state index contributed by atoms with van der Waals surface area (Å²) in [5.41, 5.74) is 12.9. The maximum Gasteiger partial charge on any atom is 0.257 e. The number of piperidine rings is 1. The molecule has 0 aliphatic carbocycles. The number of nitrogens with one attached hydrogen (secondary N) is 5. The number of hydrogen-bond donors (Lipinski definition) is 7. The zero-order chi connectivity index (χ0) is 38.3. The van der Waals surface area contributed by atoms with E-state index in [4.69, 9.17) is 11.5 Å². The summed E-state index contributed by atoms with van der Waals surface area (Å²) in [6, 6.07) is 12.6. The molecule has 0 unspecified atom stereocenters. The lowest BCUT2D eigenvalue weighted by atomic mass is 9.91. The maximum absolute atomic E-state index is 13.8. The highest BCUT2D eigenvalue weighted by Crippen LogP contribution is 2.38. The van der Waals surface area contributed by atoms with Gasteiger partial charge in [0.25, 0.3) is 5.91 Å². The fourth-order valence-electron chi connectivity index (χ4n) is 6.49. The van der Waals surface area contributed by atoms with Gasteiger partial charge in [-0.25, -0.2) is 0 Å². The Morgan fingerprint density at radius 3 is 2.34 bits per heavy atom. The molecule has 53 heavy (non-hydrogen) atoms. The Hall–Kier alpha value is -5.35. The maximum atomic E-state index is 13.8. The number of amides is 6. The molecule has 16 nitrogen and oxygen atoms in total. The van der Waals surface area contributed by atoms with E-state index >= 15 is 0 Å². The number of para-hydroxylation sites is 3. The highest BCUT2D eigenvalue weighted by Gasteiger charge is 2.31. The van der Waals surface area contributed by atoms with Gasteiger partial charge in [0.1, 0.15) is 12.1 Å². The number of guanidine groups is 1. The molecule has 2 heterocycles. The summed E-state index contributed by atoms with van der Waals surface area (Å²) in [5.74, 6) is -1.99. The number of aliphatic imine (C=N–C) groups is 1. The van der Waals surface area contributed by atoms with Crippen LogP contribution in [0.1, 0.15) is 69.2 Å². The fraction of sp³-hybridized carbons (Fsp3) is 0.486. The van der Waals surface area contributed by atoms with E-state index in [1.807, 2.05) is 30.3 Å². The predicted molar refractivity (Wildman–Crippen MR) is 202 cm³/mol. The monoisotopic (exact) mass is 732 g/mol. The SMILES string of the molecule is CC(=O)NC(=O)[C@H](CCCN=C(N)N)NC(=O)[C@H](C)NC(=O)CNCCCCC1CCN(CC(=O)N2c3ccccc3NC(=O)c3ccccc32)CC1. The molecule has 0 bridgehead atoms. The Morgan fingerprint density at radius 1 is 0.925 bits per heavy atom. The molecule has 2 aromatic rings. The van der Waals surface area contributed by atoms with Crippen LogP contribution < -0.4 is 43.0 Å². The van der Waals surface area contributed by atoms with Crippen molar-refractivity contribution < 1.29 is 28.8 Å². The normalized spacial score (nSPS) is 15.4. The highest BCUT2D eigenvalue weighted by atomic mass is 16.2. The standard InChI is InChI=1S/C37H52N10O6/c1-24(34(51)45-29(36(53)43-25(2)48)13-9-19-41-37(38)39)42-32(49)22-40-18-8-7-10-26-16-20-46(21-17-26)23-33(50)47-30-14-5-3-11-27(30)35(52)44-28-12-4-6-15-31(28)47/h3-6,11-12,14-15,24,26,29,40H,7-10,13,16-23H2,1-2H3,(H,42,49)(H,44,52)(H,45,51)(H4,38,39,41)(H,43,48,53)/t24-,29-/m0/s1. The molecule has 0 aromatic heterocycles. The van der Waals surface area contributed by atoms with Gasteiger partial charge >= 0.3 is 0 Å². The Bertz CT molecular complexity index is 1650. The number of unbranched alkanes of at least 4 members (excludes halogenated alkanes) is 1. The van der Waals surface area contributed by atoms with Crippen molar-refractivity contribution >= 4 is 58.5 Å². The lowest BCUT2D eigenvalue weighted by Gasteiger charge is -2.33. The Morgan fingerprint density at radius 2 is 1.62 bits per heavy atom. The van der Waals surface area contributed by atoms with Crippen LogP contribution in [0.3, 0.4) is 0 Å². The zero-order valence-electron chi connectivity index (χ0n) is 30.5. The van der Waals surface area contributed by atoms with Crippen molar-refractivity contribution in [1.29, 1.82) is 0 Å². The van der Waals surface area contributed by atoms with Crippen LogP contribution in [0.2, 0.25) is 0 Å². The van der Waals surface area contributed by atoms with E-state index < -0.39 is 29.8 Å². The predicted octanol–water partition coefficient (Wildman–Crippen LogP) is 1.09. The van der Waals surface area contributed by atoms with E-state index in [0.29, 0.717) is 41.5 Å². The van der Waals surface area contributed by atoms with Gasteiger partial charge in [0.2, 0.25) is 29.5 Å². The molecule has 4 rings (SSSR count). The molecule has 16 heteroatoms. The van der Waals surface area contributed by atoms with Crippen molar-refractivity contribution in [1.82, 2.24) is 26.2 Å². The fourth-order valence-corrected chi connectivity index (χ4v) is 6.49. The van der Waals surface area contributed by atoms with Gasteiger partial charge in [0.15, 0.2) is 5.96 Å². The number of nitrogens with zero attached hydrogens (tertiary/aromatic N) is 3. The second-order valence-corrected chi connectivity index (χ2v) is 13.5. The van der Waals surface area contributed by atoms with Crippen molar-refractivity contribution in [3.8, 4) is 0 Å². The third-order valence-corrected chi connectivity index (χ3v) is 9.25. The summed E-state index contributed by atoms with van der Waals surface area (Å²) in [7, 11) is 0. The van der Waals surface area contributed by atoms with E-state index in [9.17, 15) is 28.8 Å². The molecule has 0 saturated carbocycles. The molecule has 0 radical (unpaired) electrons. The number of fused-ring (bicyclic) bond motifs is 2. The number of likely N-dealkylation sites (tertiary alicyclic amines) is 1. The van der Waals surface area contributed by atoms with E-state index in [1.54, 1.807) is 23.1 Å². The van der Waals surface area contributed by atoms with Crippen LogP contribution in [0.5, 0.6) is 0 Å². The number of rotatable bonds is 17. The average Bonchev–Trinajstić information content (AvgIpc) is 3.24. The van der Waals surface area contributed by atoms with Crippen molar-refractivity contribution in [2.24, 2.45) is 22.4 Å². The van der Waals surface area contributed by atoms with Crippen molar-refractivity contribution in [3.05, 3.63) is 54.1 Å². The quantitative estimate of drug-likeness (QED) is 0.0695. The number of carbonyl (C=O) groups is 6. The van der Waals surface area contributed by atoms with Crippen molar-refractivity contribution in [3.63, 3.8) is 0 Å². The summed E-state index contributed by atoms with van der Waals surface area (Å²) in [6.45, 7) is 5.52. The summed E-state index contributed by atoms with van der Waals surface area (Å²) >= 11 is 0. The molecule has 2 aliphatic heterocycles. The first-order valence-corrected chi connectivity index (χ1v) is 18.1. The van der Waals surface area contributed by atoms with Crippen LogP contribution in [-0.2, 0) is 24.0 Å². The second kappa shape index (κ2) is 20.0. The van der Waals surface area contributed by atoms with Crippen molar-refractivity contribution in [2.45, 2.75) is 70.9 Å². The topological polar surface area (TPSA) is 233 Å². The first kappa shape index (κ1) is 40.4. The molecule has 2 aliphatic rings. The van der Waals surface area contributed by atoms with E-state index in [1.165, 1.54) is 13.8 Å². The molecular weight excluding hydrogens is 680 g/mol. The first-order valence-electron chi connectivity index (χ1n) is 18.1. The third kappa shape index (κ3) is 12.4. The highest BCUT2D eigenvalue weighted by molar-refractivity contribution is 6.18. The van der Waals surface area contributed by atoms with Crippen LogP contribution in [0.15, 0.2) is 53.5 Å². The molecule has 2 atom stereocenters. The molecule has 0 spiro atoms. The summed E-state index contributed by atoms with van der Waals surface area (Å²) in [6.07, 6.45) is 5.48. The molecule has 6 amide bonds. The van der Waals surface area contributed by atoms with Crippen LogP contribution in [0.4, 0.5) is 17.1 Å². The van der Waals surface area contributed by atoms with E-state index in [2.05, 4.69) is 36.5 Å². The molecule has 1 fully saturated rings. The van der Waals surface area contributed by atoms with E-state index in [0.717, 1.165) is 45.2 Å². The Balaban J connectivity index is 1.12. The zero-order valence-corrected chi connectivity index (χ0v) is 30.5. The second-order valence-electron chi connectivity index (χ2n) is 13.5. The Labute approximate surface area is 309 Å². The number of imide groups is 1. The van der Waals surface area contributed by atoms with Crippen LogP contribution >= 0.6 is 0 Å². The van der Waals surface area contributed by atoms with Gasteiger partial charge in [-0.15, -0.1) is 0 Å². The molecule has 286 valence electrons. The van der Waals surface area contributed by atoms with Crippen LogP contribution in [0.25, 0.3) is 0 Å². The number of carbonyl (C=O) groups excluding carboxylic acids is 6. The minimum absolute atomic E-state index is 0.0347. The van der Waals surface area contributed by atoms with Gasteiger partial charge in [0.05, 0.1) is 35.7 Å². The summed E-state index contributed by atoms with van der Waals surface area (Å²) in [4.78, 5) is 83.3. The van der Waals surface area contributed by atoms with Gasteiger partial charge in [0, 0.05) is 13.5 Å². The third-order valence-electron chi connectivity index (χ3n) is 9.25. The van der Waals surface area contributed by atoms with E-state index in [-0.39, 0.29) is 49.7 Å². The van der Waals surface area contributed by atoms with Gasteiger partial charge in [-0.1, -0.05) is 37.1 Å². The molecule has 2 aromatic carbocycles. The lowest BCUT2D eigenvalue weighted by molar-refractivity contribution is -0.134. The minimum atomic E-state index is -1.00. The first-order chi connectivity index (χ1) is 25.4. The molecule has 9 N–H and O–H groups in total. The average molecular weight is 733 g/mol. The largest absolute Gasteiger partial charge is 0.370 e. The van der Waals surface area contributed by atoms with Gasteiger partial charge in [-0.3, -0.25) is 48.9 Å². The minimum Gasteiger partial charge on any atom is -0.370 e. The number of hydrogen-bond acceptors (Lipinski definition) is 9. The summed E-state index contributed by atoms with van der Waals surface area (Å²) < 4.78 is 0. The lowest BCUT2D eigenvalue weighted by Crippen LogP contribution is -2.54. The van der Waals surface area contributed by atoms with Crippen LogP contribution in [-0.4, -0.2) is 97.7 Å². The Kier molecular flexibility index (Phi) is 15.3. The van der Waals surface area contributed by atoms with Gasteiger partial charge in [-0.2, -0.15) is 0 Å². The number of benzene rings is 2. The summed E-state index contributed by atoms with van der Waals surface area (Å²) in [5, 5.41) is 13.4. The van der Waals surface area contributed by atoms with Crippen molar-refractivity contribution in [2.75, 3.05) is 49.5 Å². The van der Waals surface area contributed by atoms with Crippen LogP contribution in [0, 0.1) is 5.92 Å². The molecular formula is C37H52N10O6. The smallest absolute Gasteiger partial charge is 0.257 e. The van der Waals surface area contributed by atoms with Gasteiger partial charge < -0.3 is 32.7 Å².